The molecule has 0 bridgehead atoms. The standard InChI is InChI=1S/C31H46N2O18/c1-12(36)32-20-24(41)22(39)17(9-34)48-29(20)45-11-19-23(40)26(43)28(31(50-19)47-16-7-5-15(44-4)6-8-16)51-30-21(33-13(2)37)25(42)27(46-14(3)38)18(10-35)49-30/h5-8,17-31,34-35,39-43H,9-11H2,1-4H3,(H,32,36)(H,33,37)/t17?,18?,19?,20?,21-,22+,23+,24?,25?,26?,27+,28+,29+,30-,31-/m0/s1. The Bertz CT molecular complexity index is 1310. The second-order valence-electron chi connectivity index (χ2n) is 12.2. The number of benzene rings is 1. The van der Waals surface area contributed by atoms with E-state index in [0.717, 1.165) is 20.8 Å². The highest BCUT2D eigenvalue weighted by atomic mass is 16.8. The quantitative estimate of drug-likeness (QED) is 0.0862. The summed E-state index contributed by atoms with van der Waals surface area (Å²) in [6, 6.07) is 3.39. The Kier molecular flexibility index (Phi) is 14.3. The van der Waals surface area contributed by atoms with Gasteiger partial charge in [0.05, 0.1) is 26.9 Å². The predicted molar refractivity (Wildman–Crippen MR) is 165 cm³/mol. The molecule has 2 amide bonds. The van der Waals surface area contributed by atoms with Crippen molar-refractivity contribution in [3.05, 3.63) is 24.3 Å². The highest BCUT2D eigenvalue weighted by Gasteiger charge is 2.54. The van der Waals surface area contributed by atoms with Crippen LogP contribution < -0.4 is 20.1 Å². The number of rotatable bonds is 13. The molecule has 4 rings (SSSR count). The van der Waals surface area contributed by atoms with E-state index in [1.54, 1.807) is 12.1 Å². The van der Waals surface area contributed by atoms with Crippen molar-refractivity contribution in [1.29, 1.82) is 0 Å². The molecule has 20 heteroatoms. The Labute approximate surface area is 292 Å². The number of nitrogens with one attached hydrogen (secondary N) is 2. The zero-order valence-electron chi connectivity index (χ0n) is 28.2. The van der Waals surface area contributed by atoms with E-state index in [1.807, 2.05) is 0 Å². The monoisotopic (exact) mass is 734 g/mol. The van der Waals surface area contributed by atoms with Crippen LogP contribution in [0.2, 0.25) is 0 Å². The number of ether oxygens (including phenoxy) is 8. The minimum atomic E-state index is -1.86. The summed E-state index contributed by atoms with van der Waals surface area (Å²) in [6.07, 6.45) is -20.4. The number of carbonyl (C=O) groups excluding carboxylic acids is 3. The lowest BCUT2D eigenvalue weighted by atomic mass is 9.95. The van der Waals surface area contributed by atoms with Crippen molar-refractivity contribution >= 4 is 17.8 Å². The molecule has 51 heavy (non-hydrogen) atoms. The van der Waals surface area contributed by atoms with E-state index in [1.165, 1.54) is 19.2 Å². The third kappa shape index (κ3) is 9.80. The Morgan fingerprint density at radius 2 is 1.20 bits per heavy atom. The van der Waals surface area contributed by atoms with Gasteiger partial charge in [-0.1, -0.05) is 0 Å². The number of carbonyl (C=O) groups is 3. The zero-order valence-corrected chi connectivity index (χ0v) is 28.2. The Hall–Kier alpha value is -3.25. The van der Waals surface area contributed by atoms with Crippen LogP contribution in [0.5, 0.6) is 11.5 Å². The van der Waals surface area contributed by atoms with Crippen molar-refractivity contribution in [3.63, 3.8) is 0 Å². The summed E-state index contributed by atoms with van der Waals surface area (Å²) in [5.74, 6) is -1.39. The Balaban J connectivity index is 1.60. The summed E-state index contributed by atoms with van der Waals surface area (Å²) < 4.78 is 45.5. The van der Waals surface area contributed by atoms with E-state index >= 15 is 0 Å². The van der Waals surface area contributed by atoms with Crippen molar-refractivity contribution in [2.24, 2.45) is 0 Å². The molecule has 15 atom stereocenters. The summed E-state index contributed by atoms with van der Waals surface area (Å²) in [5, 5.41) is 79.2. The molecule has 1 aromatic carbocycles. The molecule has 0 saturated carbocycles. The van der Waals surface area contributed by atoms with E-state index in [9.17, 15) is 50.1 Å². The molecule has 0 aliphatic carbocycles. The van der Waals surface area contributed by atoms with Gasteiger partial charge in [0.1, 0.15) is 72.4 Å². The van der Waals surface area contributed by atoms with E-state index in [2.05, 4.69) is 10.6 Å². The number of aliphatic hydroxyl groups excluding tert-OH is 7. The van der Waals surface area contributed by atoms with Crippen molar-refractivity contribution < 1.29 is 88.0 Å². The minimum absolute atomic E-state index is 0.174. The van der Waals surface area contributed by atoms with Crippen molar-refractivity contribution in [1.82, 2.24) is 10.6 Å². The molecular formula is C31H46N2O18. The second kappa shape index (κ2) is 18.0. The number of aliphatic hydroxyl groups is 7. The lowest BCUT2D eigenvalue weighted by Crippen LogP contribution is -2.68. The molecule has 0 aromatic heterocycles. The summed E-state index contributed by atoms with van der Waals surface area (Å²) in [7, 11) is 1.46. The van der Waals surface area contributed by atoms with Gasteiger partial charge in [-0.15, -0.1) is 0 Å². The summed E-state index contributed by atoms with van der Waals surface area (Å²) >= 11 is 0. The smallest absolute Gasteiger partial charge is 0.303 e. The number of methoxy groups -OCH3 is 1. The van der Waals surface area contributed by atoms with Gasteiger partial charge >= 0.3 is 5.97 Å². The van der Waals surface area contributed by atoms with E-state index in [-0.39, 0.29) is 5.75 Å². The fraction of sp³-hybridized carbons (Fsp3) is 0.710. The first kappa shape index (κ1) is 40.5. The average Bonchev–Trinajstić information content (AvgIpc) is 3.08. The largest absolute Gasteiger partial charge is 0.497 e. The average molecular weight is 735 g/mol. The molecule has 1 aromatic rings. The molecule has 3 saturated heterocycles. The lowest BCUT2D eigenvalue weighted by Gasteiger charge is -2.48. The normalized spacial score (nSPS) is 38.3. The second-order valence-corrected chi connectivity index (χ2v) is 12.2. The lowest BCUT2D eigenvalue weighted by molar-refractivity contribution is -0.349. The van der Waals surface area contributed by atoms with Gasteiger partial charge in [0.25, 0.3) is 0 Å². The first-order valence-corrected chi connectivity index (χ1v) is 16.1. The minimum Gasteiger partial charge on any atom is -0.497 e. The number of hydrogen-bond acceptors (Lipinski definition) is 18. The van der Waals surface area contributed by atoms with Gasteiger partial charge < -0.3 is 84.3 Å². The first-order chi connectivity index (χ1) is 24.2. The molecule has 3 aliphatic rings. The van der Waals surface area contributed by atoms with Gasteiger partial charge in [-0.05, 0) is 24.3 Å². The van der Waals surface area contributed by atoms with E-state index in [4.69, 9.17) is 37.9 Å². The highest BCUT2D eigenvalue weighted by Crippen LogP contribution is 2.33. The van der Waals surface area contributed by atoms with E-state index < -0.39 is 130 Å². The topological polar surface area (TPSA) is 291 Å². The Morgan fingerprint density at radius 3 is 1.75 bits per heavy atom. The van der Waals surface area contributed by atoms with Crippen LogP contribution in [-0.2, 0) is 42.8 Å². The van der Waals surface area contributed by atoms with Gasteiger partial charge in [0, 0.05) is 20.8 Å². The van der Waals surface area contributed by atoms with Crippen molar-refractivity contribution in [3.8, 4) is 11.5 Å². The predicted octanol–water partition coefficient (Wildman–Crippen LogP) is -4.62. The van der Waals surface area contributed by atoms with Crippen LogP contribution in [0.1, 0.15) is 20.8 Å². The van der Waals surface area contributed by atoms with Gasteiger partial charge in [-0.25, -0.2) is 0 Å². The molecule has 3 aliphatic heterocycles. The van der Waals surface area contributed by atoms with Crippen LogP contribution in [0, 0.1) is 0 Å². The van der Waals surface area contributed by atoms with Crippen molar-refractivity contribution in [2.45, 2.75) is 113 Å². The summed E-state index contributed by atoms with van der Waals surface area (Å²) in [4.78, 5) is 35.7. The molecule has 7 unspecified atom stereocenters. The van der Waals surface area contributed by atoms with Crippen molar-refractivity contribution in [2.75, 3.05) is 26.9 Å². The summed E-state index contributed by atoms with van der Waals surface area (Å²) in [5.41, 5.74) is 0. The summed E-state index contributed by atoms with van der Waals surface area (Å²) in [6.45, 7) is 1.33. The molecule has 20 nitrogen and oxygen atoms in total. The molecule has 9 N–H and O–H groups in total. The van der Waals surface area contributed by atoms with Crippen LogP contribution in [0.4, 0.5) is 0 Å². The fourth-order valence-corrected chi connectivity index (χ4v) is 5.94. The van der Waals surface area contributed by atoms with Crippen LogP contribution in [0.25, 0.3) is 0 Å². The molecule has 288 valence electrons. The number of esters is 1. The maximum Gasteiger partial charge on any atom is 0.303 e. The number of amides is 2. The van der Waals surface area contributed by atoms with E-state index in [0.29, 0.717) is 5.75 Å². The molecule has 0 radical (unpaired) electrons. The third-order valence-electron chi connectivity index (χ3n) is 8.45. The van der Waals surface area contributed by atoms with Gasteiger partial charge in [0.2, 0.25) is 18.1 Å². The first-order valence-electron chi connectivity index (χ1n) is 16.1. The molecule has 3 heterocycles. The molecule has 0 spiro atoms. The van der Waals surface area contributed by atoms with Crippen LogP contribution >= 0.6 is 0 Å². The van der Waals surface area contributed by atoms with Crippen LogP contribution in [-0.4, -0.2) is 172 Å². The van der Waals surface area contributed by atoms with Gasteiger partial charge in [0.15, 0.2) is 24.8 Å². The SMILES string of the molecule is COc1ccc(O[C@H]2OC(CO[C@@H]3OC(CO)[C@@H](O)C(O)C3NC(C)=O)[C@@H](O)C(O)[C@H]2O[C@@H]2OC(CO)[C@@H](OC(C)=O)C(O)[C@@H]2NC(C)=O)cc1. The zero-order chi connectivity index (χ0) is 37.6. The van der Waals surface area contributed by atoms with Crippen LogP contribution in [0.15, 0.2) is 24.3 Å². The molecular weight excluding hydrogens is 688 g/mol. The number of hydrogen-bond donors (Lipinski definition) is 9. The Morgan fingerprint density at radius 1 is 0.667 bits per heavy atom. The maximum atomic E-state index is 12.1. The van der Waals surface area contributed by atoms with Crippen LogP contribution in [0.3, 0.4) is 0 Å². The maximum absolute atomic E-state index is 12.1. The van der Waals surface area contributed by atoms with Gasteiger partial charge in [-0.2, -0.15) is 0 Å². The molecule has 3 fully saturated rings. The fourth-order valence-electron chi connectivity index (χ4n) is 5.94. The van der Waals surface area contributed by atoms with Gasteiger partial charge in [-0.3, -0.25) is 14.4 Å². The third-order valence-corrected chi connectivity index (χ3v) is 8.45. The highest BCUT2D eigenvalue weighted by molar-refractivity contribution is 5.73.